The van der Waals surface area contributed by atoms with Crippen LogP contribution in [-0.2, 0) is 13.1 Å². The van der Waals surface area contributed by atoms with Crippen LogP contribution in [0.5, 0.6) is 0 Å². The molecule has 3 nitrogen and oxygen atoms in total. The minimum absolute atomic E-state index is 0.748. The van der Waals surface area contributed by atoms with Crippen molar-refractivity contribution in [2.75, 3.05) is 6.54 Å². The average molecular weight is 248 g/mol. The fraction of sp³-hybridized carbons (Fsp3) is 0.733. The van der Waals surface area contributed by atoms with Crippen molar-refractivity contribution in [2.45, 2.75) is 64.7 Å². The summed E-state index contributed by atoms with van der Waals surface area (Å²) in [6.45, 7) is 7.44. The molecule has 2 fully saturated rings. The Morgan fingerprint density at radius 2 is 2.11 bits per heavy atom. The highest BCUT2D eigenvalue weighted by Gasteiger charge is 2.28. The molecule has 0 atom stereocenters. The molecule has 0 aromatic carbocycles. The van der Waals surface area contributed by atoms with Crippen LogP contribution >= 0.6 is 0 Å². The third-order valence-corrected chi connectivity index (χ3v) is 4.06. The van der Waals surface area contributed by atoms with Gasteiger partial charge in [0.05, 0.1) is 6.54 Å². The summed E-state index contributed by atoms with van der Waals surface area (Å²) in [5.74, 6) is 2.20. The number of aryl methyl sites for hydroxylation is 1. The maximum absolute atomic E-state index is 5.85. The van der Waals surface area contributed by atoms with Crippen LogP contribution in [0.15, 0.2) is 10.5 Å². The predicted octanol–water partition coefficient (Wildman–Crippen LogP) is 2.82. The van der Waals surface area contributed by atoms with E-state index >= 15 is 0 Å². The number of furan rings is 1. The van der Waals surface area contributed by atoms with Gasteiger partial charge in [0, 0.05) is 24.2 Å². The Hall–Kier alpha value is -0.800. The van der Waals surface area contributed by atoms with Gasteiger partial charge in [0.1, 0.15) is 11.5 Å². The Morgan fingerprint density at radius 3 is 2.72 bits per heavy atom. The summed E-state index contributed by atoms with van der Waals surface area (Å²) < 4.78 is 5.85. The van der Waals surface area contributed by atoms with E-state index in [1.807, 2.05) is 0 Å². The molecule has 1 aromatic heterocycles. The third kappa shape index (κ3) is 2.96. The van der Waals surface area contributed by atoms with Gasteiger partial charge in [-0.2, -0.15) is 0 Å². The summed E-state index contributed by atoms with van der Waals surface area (Å²) >= 11 is 0. The van der Waals surface area contributed by atoms with Crippen molar-refractivity contribution in [1.29, 1.82) is 0 Å². The molecule has 100 valence electrons. The largest absolute Gasteiger partial charge is 0.465 e. The summed E-state index contributed by atoms with van der Waals surface area (Å²) in [6, 6.07) is 3.82. The van der Waals surface area contributed by atoms with E-state index in [2.05, 4.69) is 30.1 Å². The van der Waals surface area contributed by atoms with Crippen LogP contribution in [0.1, 0.15) is 49.7 Å². The fourth-order valence-corrected chi connectivity index (χ4v) is 2.52. The minimum atomic E-state index is 0.748. The zero-order valence-electron chi connectivity index (χ0n) is 11.5. The first-order valence-electron chi connectivity index (χ1n) is 7.32. The van der Waals surface area contributed by atoms with Crippen molar-refractivity contribution in [3.63, 3.8) is 0 Å². The van der Waals surface area contributed by atoms with Gasteiger partial charge in [-0.05, 0) is 45.2 Å². The molecule has 2 saturated carbocycles. The van der Waals surface area contributed by atoms with E-state index in [0.717, 1.165) is 43.2 Å². The highest BCUT2D eigenvalue weighted by atomic mass is 16.3. The number of nitrogens with zero attached hydrogens (tertiary/aromatic N) is 1. The van der Waals surface area contributed by atoms with Crippen molar-refractivity contribution in [1.82, 2.24) is 10.2 Å². The number of rotatable bonds is 7. The molecule has 0 spiro atoms. The SMILES string of the molecule is CCN(Cc1cc(CNC2CC2)oc1C)C1CC1. The monoisotopic (exact) mass is 248 g/mol. The van der Waals surface area contributed by atoms with E-state index in [1.165, 1.54) is 31.2 Å². The second-order valence-electron chi connectivity index (χ2n) is 5.74. The first-order valence-corrected chi connectivity index (χ1v) is 7.32. The Morgan fingerprint density at radius 1 is 1.33 bits per heavy atom. The van der Waals surface area contributed by atoms with Crippen molar-refractivity contribution in [2.24, 2.45) is 0 Å². The molecule has 0 aliphatic heterocycles. The first kappa shape index (κ1) is 12.2. The molecule has 0 amide bonds. The lowest BCUT2D eigenvalue weighted by atomic mass is 10.2. The second-order valence-corrected chi connectivity index (χ2v) is 5.74. The van der Waals surface area contributed by atoms with Crippen molar-refractivity contribution in [3.8, 4) is 0 Å². The highest BCUT2D eigenvalue weighted by Crippen LogP contribution is 2.29. The van der Waals surface area contributed by atoms with Gasteiger partial charge in [-0.25, -0.2) is 0 Å². The van der Waals surface area contributed by atoms with Crippen molar-refractivity contribution < 1.29 is 4.42 Å². The molecule has 1 N–H and O–H groups in total. The molecule has 0 bridgehead atoms. The highest BCUT2D eigenvalue weighted by molar-refractivity contribution is 5.21. The standard InChI is InChI=1S/C15H24N2O/c1-3-17(14-6-7-14)10-12-8-15(18-11(12)2)9-16-13-4-5-13/h8,13-14,16H,3-7,9-10H2,1-2H3. The molecule has 2 aliphatic carbocycles. The molecular weight excluding hydrogens is 224 g/mol. The van der Waals surface area contributed by atoms with Crippen LogP contribution in [0.25, 0.3) is 0 Å². The van der Waals surface area contributed by atoms with Crippen LogP contribution in [0, 0.1) is 6.92 Å². The molecule has 1 aromatic rings. The maximum atomic E-state index is 5.85. The number of hydrogen-bond acceptors (Lipinski definition) is 3. The molecule has 2 aliphatic rings. The van der Waals surface area contributed by atoms with Gasteiger partial charge >= 0.3 is 0 Å². The second kappa shape index (κ2) is 5.06. The summed E-state index contributed by atoms with van der Waals surface area (Å²) in [5, 5.41) is 3.51. The average Bonchev–Trinajstić information content (AvgIpc) is 3.24. The molecule has 3 rings (SSSR count). The summed E-state index contributed by atoms with van der Waals surface area (Å²) in [4.78, 5) is 2.57. The number of hydrogen-bond donors (Lipinski definition) is 1. The van der Waals surface area contributed by atoms with E-state index in [-0.39, 0.29) is 0 Å². The lowest BCUT2D eigenvalue weighted by Gasteiger charge is -2.18. The van der Waals surface area contributed by atoms with Gasteiger partial charge in [0.2, 0.25) is 0 Å². The van der Waals surface area contributed by atoms with Crippen molar-refractivity contribution in [3.05, 3.63) is 23.2 Å². The predicted molar refractivity (Wildman–Crippen MR) is 72.4 cm³/mol. The van der Waals surface area contributed by atoms with Gasteiger partial charge < -0.3 is 9.73 Å². The Balaban J connectivity index is 1.59. The van der Waals surface area contributed by atoms with Gasteiger partial charge in [-0.1, -0.05) is 6.92 Å². The van der Waals surface area contributed by atoms with Crippen LogP contribution in [0.4, 0.5) is 0 Å². The summed E-state index contributed by atoms with van der Waals surface area (Å²) in [6.07, 6.45) is 5.41. The van der Waals surface area contributed by atoms with Crippen LogP contribution in [0.3, 0.4) is 0 Å². The maximum Gasteiger partial charge on any atom is 0.118 e. The van der Waals surface area contributed by atoms with E-state index in [4.69, 9.17) is 4.42 Å². The Bertz CT molecular complexity index is 405. The molecule has 3 heteroatoms. The normalized spacial score (nSPS) is 19.7. The van der Waals surface area contributed by atoms with Gasteiger partial charge in [0.15, 0.2) is 0 Å². The molecule has 0 saturated heterocycles. The summed E-state index contributed by atoms with van der Waals surface area (Å²) in [7, 11) is 0. The van der Waals surface area contributed by atoms with Gasteiger partial charge in [-0.3, -0.25) is 4.90 Å². The fourth-order valence-electron chi connectivity index (χ4n) is 2.52. The van der Waals surface area contributed by atoms with E-state index in [9.17, 15) is 0 Å². The van der Waals surface area contributed by atoms with Crippen LogP contribution in [0.2, 0.25) is 0 Å². The lowest BCUT2D eigenvalue weighted by Crippen LogP contribution is -2.25. The van der Waals surface area contributed by atoms with Crippen molar-refractivity contribution >= 4 is 0 Å². The van der Waals surface area contributed by atoms with Gasteiger partial charge in [0.25, 0.3) is 0 Å². The zero-order valence-corrected chi connectivity index (χ0v) is 11.5. The first-order chi connectivity index (χ1) is 8.76. The molecule has 0 unspecified atom stereocenters. The molecular formula is C15H24N2O. The molecule has 0 radical (unpaired) electrons. The zero-order chi connectivity index (χ0) is 12.5. The van der Waals surface area contributed by atoms with E-state index < -0.39 is 0 Å². The molecule has 1 heterocycles. The van der Waals surface area contributed by atoms with Gasteiger partial charge in [-0.15, -0.1) is 0 Å². The molecule has 18 heavy (non-hydrogen) atoms. The quantitative estimate of drug-likeness (QED) is 0.804. The number of nitrogens with one attached hydrogen (secondary N) is 1. The Labute approximate surface area is 110 Å². The lowest BCUT2D eigenvalue weighted by molar-refractivity contribution is 0.267. The van der Waals surface area contributed by atoms with Crippen LogP contribution < -0.4 is 5.32 Å². The van der Waals surface area contributed by atoms with E-state index in [1.54, 1.807) is 0 Å². The van der Waals surface area contributed by atoms with Crippen LogP contribution in [-0.4, -0.2) is 23.5 Å². The minimum Gasteiger partial charge on any atom is -0.465 e. The third-order valence-electron chi connectivity index (χ3n) is 4.06. The smallest absolute Gasteiger partial charge is 0.118 e. The topological polar surface area (TPSA) is 28.4 Å². The summed E-state index contributed by atoms with van der Waals surface area (Å²) in [5.41, 5.74) is 1.37. The van der Waals surface area contributed by atoms with E-state index in [0.29, 0.717) is 0 Å². The Kier molecular flexibility index (Phi) is 3.44.